The summed E-state index contributed by atoms with van der Waals surface area (Å²) in [7, 11) is 1.95. The van der Waals surface area contributed by atoms with Crippen molar-refractivity contribution in [3.05, 3.63) is 16.4 Å². The largest absolute Gasteiger partial charge is 0.325 e. The lowest BCUT2D eigenvalue weighted by molar-refractivity contribution is 0.149. The van der Waals surface area contributed by atoms with Crippen molar-refractivity contribution in [3.63, 3.8) is 0 Å². The monoisotopic (exact) mass is 269 g/mol. The molecular formula is C14H24ClN3. The fourth-order valence-corrected chi connectivity index (χ4v) is 3.63. The quantitative estimate of drug-likeness (QED) is 0.896. The molecule has 0 spiro atoms. The number of aryl methyl sites for hydroxylation is 2. The van der Waals surface area contributed by atoms with Crippen LogP contribution in [0.25, 0.3) is 0 Å². The van der Waals surface area contributed by atoms with E-state index in [0.717, 1.165) is 35.7 Å². The molecule has 0 amide bonds. The Morgan fingerprint density at radius 3 is 2.56 bits per heavy atom. The van der Waals surface area contributed by atoms with Crippen LogP contribution in [0, 0.1) is 12.3 Å². The highest BCUT2D eigenvalue weighted by atomic mass is 35.5. The van der Waals surface area contributed by atoms with Crippen molar-refractivity contribution in [2.45, 2.75) is 58.4 Å². The summed E-state index contributed by atoms with van der Waals surface area (Å²) in [4.78, 5) is 0. The van der Waals surface area contributed by atoms with Gasteiger partial charge in [-0.25, -0.2) is 0 Å². The lowest BCUT2D eigenvalue weighted by atomic mass is 9.67. The molecule has 1 fully saturated rings. The zero-order valence-electron chi connectivity index (χ0n) is 11.9. The maximum absolute atomic E-state index is 6.61. The van der Waals surface area contributed by atoms with Gasteiger partial charge in [-0.2, -0.15) is 5.10 Å². The molecular weight excluding hydrogens is 246 g/mol. The van der Waals surface area contributed by atoms with Crippen LogP contribution >= 0.6 is 11.6 Å². The van der Waals surface area contributed by atoms with Crippen molar-refractivity contribution >= 4 is 11.6 Å². The minimum absolute atomic E-state index is 0.133. The topological polar surface area (TPSA) is 43.8 Å². The van der Waals surface area contributed by atoms with E-state index < -0.39 is 0 Å². The van der Waals surface area contributed by atoms with Gasteiger partial charge in [0.05, 0.1) is 16.4 Å². The number of nitrogens with zero attached hydrogens (tertiary/aromatic N) is 2. The average Bonchev–Trinajstić information content (AvgIpc) is 2.43. The van der Waals surface area contributed by atoms with E-state index in [1.165, 1.54) is 12.8 Å². The Labute approximate surface area is 115 Å². The molecule has 0 aromatic carbocycles. The SMILES string of the molecule is Cc1nn(C)c(CC2(N)CCCC(C)(C)C2)c1Cl. The van der Waals surface area contributed by atoms with Crippen LogP contribution in [0.15, 0.2) is 0 Å². The van der Waals surface area contributed by atoms with Crippen LogP contribution < -0.4 is 5.73 Å². The van der Waals surface area contributed by atoms with Crippen molar-refractivity contribution < 1.29 is 0 Å². The van der Waals surface area contributed by atoms with Gasteiger partial charge in [0.15, 0.2) is 0 Å². The molecule has 0 bridgehead atoms. The molecule has 3 nitrogen and oxygen atoms in total. The molecule has 18 heavy (non-hydrogen) atoms. The number of aromatic nitrogens is 2. The lowest BCUT2D eigenvalue weighted by Crippen LogP contribution is -2.48. The molecule has 2 rings (SSSR count). The zero-order chi connectivity index (χ0) is 13.6. The third-order valence-corrected chi connectivity index (χ3v) is 4.63. The second-order valence-corrected chi connectivity index (χ2v) is 7.08. The van der Waals surface area contributed by atoms with Crippen molar-refractivity contribution in [3.8, 4) is 0 Å². The van der Waals surface area contributed by atoms with E-state index in [1.807, 2.05) is 18.7 Å². The van der Waals surface area contributed by atoms with Crippen LogP contribution in [-0.4, -0.2) is 15.3 Å². The highest BCUT2D eigenvalue weighted by Gasteiger charge is 2.38. The standard InChI is InChI=1S/C14H24ClN3/c1-10-12(15)11(18(4)17-10)8-14(16)7-5-6-13(2,3)9-14/h5-9,16H2,1-4H3. The van der Waals surface area contributed by atoms with E-state index in [4.69, 9.17) is 17.3 Å². The molecule has 1 unspecified atom stereocenters. The summed E-state index contributed by atoms with van der Waals surface area (Å²) >= 11 is 6.33. The average molecular weight is 270 g/mol. The van der Waals surface area contributed by atoms with Crippen LogP contribution in [0.3, 0.4) is 0 Å². The highest BCUT2D eigenvalue weighted by Crippen LogP contribution is 2.41. The predicted octanol–water partition coefficient (Wildman–Crippen LogP) is 3.22. The summed E-state index contributed by atoms with van der Waals surface area (Å²) in [5.41, 5.74) is 8.80. The third kappa shape index (κ3) is 2.72. The summed E-state index contributed by atoms with van der Waals surface area (Å²) in [5, 5.41) is 5.16. The summed E-state index contributed by atoms with van der Waals surface area (Å²) in [5.74, 6) is 0. The summed E-state index contributed by atoms with van der Waals surface area (Å²) in [6.07, 6.45) is 5.44. The van der Waals surface area contributed by atoms with Gasteiger partial charge in [-0.3, -0.25) is 4.68 Å². The van der Waals surface area contributed by atoms with Gasteiger partial charge in [-0.05, 0) is 31.6 Å². The smallest absolute Gasteiger partial charge is 0.0847 e. The van der Waals surface area contributed by atoms with Crippen LogP contribution in [0.5, 0.6) is 0 Å². The van der Waals surface area contributed by atoms with Crippen LogP contribution in [-0.2, 0) is 13.5 Å². The lowest BCUT2D eigenvalue weighted by Gasteiger charge is -2.42. The van der Waals surface area contributed by atoms with Crippen molar-refractivity contribution in [1.29, 1.82) is 0 Å². The number of nitrogens with two attached hydrogens (primary N) is 1. The van der Waals surface area contributed by atoms with E-state index in [1.54, 1.807) is 0 Å². The number of hydrogen-bond donors (Lipinski definition) is 1. The van der Waals surface area contributed by atoms with Crippen molar-refractivity contribution in [2.75, 3.05) is 0 Å². The van der Waals surface area contributed by atoms with Crippen LogP contribution in [0.4, 0.5) is 0 Å². The predicted molar refractivity (Wildman–Crippen MR) is 75.8 cm³/mol. The van der Waals surface area contributed by atoms with Crippen molar-refractivity contribution in [1.82, 2.24) is 9.78 Å². The van der Waals surface area contributed by atoms with Crippen LogP contribution in [0.2, 0.25) is 5.02 Å². The first-order chi connectivity index (χ1) is 8.22. The summed E-state index contributed by atoms with van der Waals surface area (Å²) < 4.78 is 1.88. The van der Waals surface area contributed by atoms with E-state index in [2.05, 4.69) is 18.9 Å². The number of hydrogen-bond acceptors (Lipinski definition) is 2. The Kier molecular flexibility index (Phi) is 3.50. The normalized spacial score (nSPS) is 27.4. The summed E-state index contributed by atoms with van der Waals surface area (Å²) in [6, 6.07) is 0. The first-order valence-corrected chi connectivity index (χ1v) is 7.07. The second-order valence-electron chi connectivity index (χ2n) is 6.70. The molecule has 2 N–H and O–H groups in total. The Hall–Kier alpha value is -0.540. The maximum Gasteiger partial charge on any atom is 0.0847 e. The molecule has 102 valence electrons. The first kappa shape index (κ1) is 13.9. The van der Waals surface area contributed by atoms with Gasteiger partial charge in [-0.1, -0.05) is 31.9 Å². The van der Waals surface area contributed by atoms with E-state index in [9.17, 15) is 0 Å². The molecule has 0 aliphatic heterocycles. The Balaban J connectivity index is 2.22. The Bertz CT molecular complexity index is 450. The molecule has 0 saturated heterocycles. The molecule has 4 heteroatoms. The van der Waals surface area contributed by atoms with Crippen molar-refractivity contribution in [2.24, 2.45) is 18.2 Å². The minimum atomic E-state index is -0.133. The van der Waals surface area contributed by atoms with Gasteiger partial charge in [0.2, 0.25) is 0 Å². The van der Waals surface area contributed by atoms with E-state index in [-0.39, 0.29) is 5.54 Å². The molecule has 1 atom stereocenters. The maximum atomic E-state index is 6.61. The molecule has 0 radical (unpaired) electrons. The molecule has 1 aliphatic rings. The summed E-state index contributed by atoms with van der Waals surface area (Å²) in [6.45, 7) is 6.56. The van der Waals surface area contributed by atoms with E-state index >= 15 is 0 Å². The molecule has 1 aromatic rings. The molecule has 1 aromatic heterocycles. The molecule has 1 aliphatic carbocycles. The zero-order valence-corrected chi connectivity index (χ0v) is 12.6. The van der Waals surface area contributed by atoms with Gasteiger partial charge in [0, 0.05) is 19.0 Å². The van der Waals surface area contributed by atoms with Gasteiger partial charge < -0.3 is 5.73 Å². The fourth-order valence-electron chi connectivity index (χ4n) is 3.41. The van der Waals surface area contributed by atoms with Gasteiger partial charge in [-0.15, -0.1) is 0 Å². The number of halogens is 1. The second kappa shape index (κ2) is 4.53. The molecule has 1 heterocycles. The first-order valence-electron chi connectivity index (χ1n) is 6.69. The Morgan fingerprint density at radius 2 is 2.06 bits per heavy atom. The van der Waals surface area contributed by atoms with Crippen LogP contribution in [0.1, 0.15) is 50.9 Å². The minimum Gasteiger partial charge on any atom is -0.325 e. The van der Waals surface area contributed by atoms with E-state index in [0.29, 0.717) is 5.41 Å². The van der Waals surface area contributed by atoms with Gasteiger partial charge >= 0.3 is 0 Å². The van der Waals surface area contributed by atoms with Gasteiger partial charge in [0.1, 0.15) is 0 Å². The Morgan fingerprint density at radius 1 is 1.39 bits per heavy atom. The van der Waals surface area contributed by atoms with Gasteiger partial charge in [0.25, 0.3) is 0 Å². The fraction of sp³-hybridized carbons (Fsp3) is 0.786. The number of rotatable bonds is 2. The molecule has 1 saturated carbocycles. The highest BCUT2D eigenvalue weighted by molar-refractivity contribution is 6.31. The third-order valence-electron chi connectivity index (χ3n) is 4.14.